The number of anilines is 1. The van der Waals surface area contributed by atoms with Gasteiger partial charge in [0.2, 0.25) is 11.1 Å². The van der Waals surface area contributed by atoms with E-state index in [1.807, 2.05) is 0 Å². The molecule has 1 N–H and O–H groups in total. The highest BCUT2D eigenvalue weighted by Gasteiger charge is 2.22. The van der Waals surface area contributed by atoms with Gasteiger partial charge in [-0.15, -0.1) is 0 Å². The fraction of sp³-hybridized carbons (Fsp3) is 0.556. The molecule has 0 unspecified atom stereocenters. The highest BCUT2D eigenvalue weighted by molar-refractivity contribution is 6.28. The molecule has 0 atom stereocenters. The first kappa shape index (κ1) is 11.1. The van der Waals surface area contributed by atoms with Crippen LogP contribution in [0.4, 0.5) is 11.5 Å². The Morgan fingerprint density at radius 3 is 2.81 bits per heavy atom. The van der Waals surface area contributed by atoms with E-state index >= 15 is 0 Å². The Morgan fingerprint density at radius 2 is 2.19 bits per heavy atom. The van der Waals surface area contributed by atoms with Gasteiger partial charge in [0.15, 0.2) is 0 Å². The van der Waals surface area contributed by atoms with Crippen LogP contribution in [0.5, 0.6) is 0 Å². The van der Waals surface area contributed by atoms with E-state index in [4.69, 9.17) is 11.6 Å². The van der Waals surface area contributed by atoms with Crippen LogP contribution >= 0.6 is 11.6 Å². The van der Waals surface area contributed by atoms with Gasteiger partial charge in [0, 0.05) is 6.04 Å². The molecule has 2 rings (SSSR count). The number of nitro groups is 1. The second-order valence-corrected chi connectivity index (χ2v) is 4.09. The molecule has 1 fully saturated rings. The highest BCUT2D eigenvalue weighted by Crippen LogP contribution is 2.27. The number of halogens is 1. The first-order valence-electron chi connectivity index (χ1n) is 5.10. The smallest absolute Gasteiger partial charge is 0.329 e. The van der Waals surface area contributed by atoms with E-state index in [9.17, 15) is 10.1 Å². The van der Waals surface area contributed by atoms with Gasteiger partial charge < -0.3 is 5.32 Å². The summed E-state index contributed by atoms with van der Waals surface area (Å²) in [6, 6.07) is 0.254. The minimum absolute atomic E-state index is 0.0195. The molecule has 16 heavy (non-hydrogen) atoms. The molecule has 0 spiro atoms. The quantitative estimate of drug-likeness (QED) is 0.500. The van der Waals surface area contributed by atoms with Crippen LogP contribution in [0.25, 0.3) is 0 Å². The summed E-state index contributed by atoms with van der Waals surface area (Å²) in [6.45, 7) is 0. The third-order valence-electron chi connectivity index (χ3n) is 2.63. The summed E-state index contributed by atoms with van der Waals surface area (Å²) in [4.78, 5) is 17.7. The average molecular weight is 243 g/mol. The molecule has 1 saturated carbocycles. The maximum Gasteiger partial charge on any atom is 0.329 e. The average Bonchev–Trinajstić information content (AvgIpc) is 2.70. The molecule has 0 radical (unpaired) electrons. The van der Waals surface area contributed by atoms with Crippen LogP contribution < -0.4 is 5.32 Å². The number of hydrogen-bond donors (Lipinski definition) is 1. The molecule has 86 valence electrons. The van der Waals surface area contributed by atoms with Crippen LogP contribution in [0.1, 0.15) is 25.7 Å². The van der Waals surface area contributed by atoms with E-state index in [0.29, 0.717) is 0 Å². The minimum Gasteiger partial charge on any atom is -0.361 e. The van der Waals surface area contributed by atoms with Crippen LogP contribution in [0, 0.1) is 10.1 Å². The van der Waals surface area contributed by atoms with Gasteiger partial charge in [0.25, 0.3) is 0 Å². The molecule has 1 aliphatic rings. The number of nitrogens with zero attached hydrogens (tertiary/aromatic N) is 3. The van der Waals surface area contributed by atoms with Crippen molar-refractivity contribution in [1.29, 1.82) is 0 Å². The summed E-state index contributed by atoms with van der Waals surface area (Å²) in [5, 5.41) is 13.8. The molecule has 0 amide bonds. The lowest BCUT2D eigenvalue weighted by atomic mass is 10.2. The molecule has 0 aromatic carbocycles. The first-order chi connectivity index (χ1) is 7.66. The van der Waals surface area contributed by atoms with Gasteiger partial charge in [-0.2, -0.15) is 4.98 Å². The zero-order chi connectivity index (χ0) is 11.5. The van der Waals surface area contributed by atoms with Crippen molar-refractivity contribution in [2.45, 2.75) is 31.7 Å². The largest absolute Gasteiger partial charge is 0.361 e. The second-order valence-electron chi connectivity index (χ2n) is 3.76. The highest BCUT2D eigenvalue weighted by atomic mass is 35.5. The van der Waals surface area contributed by atoms with Gasteiger partial charge in [0.1, 0.15) is 6.20 Å². The Morgan fingerprint density at radius 1 is 1.50 bits per heavy atom. The maximum atomic E-state index is 10.7. The molecule has 0 saturated heterocycles. The molecule has 1 aromatic rings. The Balaban J connectivity index is 2.22. The summed E-state index contributed by atoms with van der Waals surface area (Å²) < 4.78 is 0. The predicted molar refractivity (Wildman–Crippen MR) is 59.6 cm³/mol. The number of rotatable bonds is 3. The van der Waals surface area contributed by atoms with Crippen LogP contribution in [-0.4, -0.2) is 20.9 Å². The van der Waals surface area contributed by atoms with Crippen molar-refractivity contribution in [2.24, 2.45) is 0 Å². The molecule has 1 aliphatic carbocycles. The van der Waals surface area contributed by atoms with Crippen molar-refractivity contribution >= 4 is 23.1 Å². The Labute approximate surface area is 97.2 Å². The van der Waals surface area contributed by atoms with Crippen molar-refractivity contribution in [3.8, 4) is 0 Å². The second kappa shape index (κ2) is 4.61. The molecular weight excluding hydrogens is 232 g/mol. The standard InChI is InChI=1S/C9H11ClN4O2/c10-9-11-5-7(14(15)16)8(13-9)12-6-3-1-2-4-6/h5-6H,1-4H2,(H,11,12,13). The van der Waals surface area contributed by atoms with E-state index in [1.165, 1.54) is 0 Å². The molecule has 7 heteroatoms. The van der Waals surface area contributed by atoms with E-state index in [2.05, 4.69) is 15.3 Å². The van der Waals surface area contributed by atoms with Crippen molar-refractivity contribution in [2.75, 3.05) is 5.32 Å². The van der Waals surface area contributed by atoms with Crippen molar-refractivity contribution in [3.05, 3.63) is 21.6 Å². The normalized spacial score (nSPS) is 16.3. The zero-order valence-corrected chi connectivity index (χ0v) is 9.28. The maximum absolute atomic E-state index is 10.7. The number of hydrogen-bond acceptors (Lipinski definition) is 5. The summed E-state index contributed by atoms with van der Waals surface area (Å²) in [7, 11) is 0. The van der Waals surface area contributed by atoms with Crippen molar-refractivity contribution in [3.63, 3.8) is 0 Å². The third-order valence-corrected chi connectivity index (χ3v) is 2.81. The van der Waals surface area contributed by atoms with Gasteiger partial charge in [0.05, 0.1) is 4.92 Å². The number of aromatic nitrogens is 2. The lowest BCUT2D eigenvalue weighted by Crippen LogP contribution is -2.17. The molecule has 0 bridgehead atoms. The summed E-state index contributed by atoms with van der Waals surface area (Å²) >= 11 is 5.62. The van der Waals surface area contributed by atoms with E-state index < -0.39 is 4.92 Å². The van der Waals surface area contributed by atoms with Gasteiger partial charge >= 0.3 is 5.69 Å². The van der Waals surface area contributed by atoms with Crippen molar-refractivity contribution < 1.29 is 4.92 Å². The monoisotopic (exact) mass is 242 g/mol. The Kier molecular flexibility index (Phi) is 3.19. The van der Waals surface area contributed by atoms with E-state index in [-0.39, 0.29) is 22.8 Å². The fourth-order valence-corrected chi connectivity index (χ4v) is 1.99. The first-order valence-corrected chi connectivity index (χ1v) is 5.48. The van der Waals surface area contributed by atoms with E-state index in [0.717, 1.165) is 31.9 Å². The topological polar surface area (TPSA) is 81.0 Å². The SMILES string of the molecule is O=[N+]([O-])c1cnc(Cl)nc1NC1CCCC1. The van der Waals surface area contributed by atoms with E-state index in [1.54, 1.807) is 0 Å². The van der Waals surface area contributed by atoms with Gasteiger partial charge in [-0.25, -0.2) is 4.98 Å². The summed E-state index contributed by atoms with van der Waals surface area (Å²) in [5.41, 5.74) is -0.128. The molecular formula is C9H11ClN4O2. The van der Waals surface area contributed by atoms with Gasteiger partial charge in [-0.3, -0.25) is 10.1 Å². The number of nitrogens with one attached hydrogen (secondary N) is 1. The van der Waals surface area contributed by atoms with Gasteiger partial charge in [-0.1, -0.05) is 12.8 Å². The Hall–Kier alpha value is -1.43. The summed E-state index contributed by atoms with van der Waals surface area (Å²) in [6.07, 6.45) is 5.44. The minimum atomic E-state index is -0.506. The molecule has 6 nitrogen and oxygen atoms in total. The van der Waals surface area contributed by atoms with Crippen LogP contribution in [0.2, 0.25) is 5.28 Å². The van der Waals surface area contributed by atoms with Gasteiger partial charge in [-0.05, 0) is 24.4 Å². The summed E-state index contributed by atoms with van der Waals surface area (Å²) in [5.74, 6) is 0.219. The van der Waals surface area contributed by atoms with Crippen LogP contribution in [0.15, 0.2) is 6.20 Å². The van der Waals surface area contributed by atoms with Crippen molar-refractivity contribution in [1.82, 2.24) is 9.97 Å². The van der Waals surface area contributed by atoms with Crippen LogP contribution in [0.3, 0.4) is 0 Å². The molecule has 1 aromatic heterocycles. The predicted octanol–water partition coefficient (Wildman–Crippen LogP) is 2.39. The fourth-order valence-electron chi connectivity index (χ4n) is 1.86. The lowest BCUT2D eigenvalue weighted by molar-refractivity contribution is -0.384. The lowest BCUT2D eigenvalue weighted by Gasteiger charge is -2.12. The zero-order valence-electron chi connectivity index (χ0n) is 8.52. The molecule has 1 heterocycles. The third kappa shape index (κ3) is 2.38. The Bertz CT molecular complexity index is 406. The molecule has 0 aliphatic heterocycles. The van der Waals surface area contributed by atoms with Crippen LogP contribution in [-0.2, 0) is 0 Å².